The second-order valence-electron chi connectivity index (χ2n) is 7.87. The van der Waals surface area contributed by atoms with Gasteiger partial charge in [-0.2, -0.15) is 0 Å². The Morgan fingerprint density at radius 2 is 1.71 bits per heavy atom. The molecule has 0 fully saturated rings. The van der Waals surface area contributed by atoms with Gasteiger partial charge in [-0.3, -0.25) is 0 Å². The Morgan fingerprint density at radius 3 is 2.38 bits per heavy atom. The zero-order valence-corrected chi connectivity index (χ0v) is 19.9. The van der Waals surface area contributed by atoms with E-state index < -0.39 is 6.10 Å². The van der Waals surface area contributed by atoms with Crippen LogP contribution < -0.4 is 4.74 Å². The summed E-state index contributed by atoms with van der Waals surface area (Å²) in [4.78, 5) is 4.78. The molecule has 0 radical (unpaired) electrons. The van der Waals surface area contributed by atoms with Crippen molar-refractivity contribution < 1.29 is 9.84 Å². The Kier molecular flexibility index (Phi) is 5.96. The molecule has 5 rings (SSSR count). The molecule has 1 atom stereocenters. The lowest BCUT2D eigenvalue weighted by Gasteiger charge is -2.19. The number of rotatable bonds is 5. The average Bonchev–Trinajstić information content (AvgIpc) is 3.28. The molecule has 1 N–H and O–H groups in total. The summed E-state index contributed by atoms with van der Waals surface area (Å²) in [6.07, 6.45) is 0.604. The number of halogens is 2. The lowest BCUT2D eigenvalue weighted by Crippen LogP contribution is -2.07. The van der Waals surface area contributed by atoms with Gasteiger partial charge in [0.05, 0.1) is 18.2 Å². The number of ether oxygens (including phenoxy) is 1. The van der Waals surface area contributed by atoms with Crippen LogP contribution >= 0.6 is 23.2 Å². The monoisotopic (exact) mass is 490 g/mol. The number of fused-ring (bicyclic) bond motifs is 1. The van der Waals surface area contributed by atoms with E-state index in [-0.39, 0.29) is 0 Å². The van der Waals surface area contributed by atoms with E-state index in [2.05, 4.69) is 10.2 Å². The van der Waals surface area contributed by atoms with Gasteiger partial charge in [-0.25, -0.2) is 4.98 Å². The van der Waals surface area contributed by atoms with E-state index in [0.29, 0.717) is 27.3 Å². The maximum atomic E-state index is 11.0. The largest absolute Gasteiger partial charge is 0.481 e. The van der Waals surface area contributed by atoms with Crippen molar-refractivity contribution in [3.8, 4) is 28.1 Å². The average molecular weight is 491 g/mol. The molecule has 34 heavy (non-hydrogen) atoms. The number of hydrogen-bond donors (Lipinski definition) is 1. The molecule has 2 heterocycles. The molecule has 6 nitrogen and oxygen atoms in total. The van der Waals surface area contributed by atoms with Gasteiger partial charge in [-0.05, 0) is 53.1 Å². The first-order chi connectivity index (χ1) is 16.5. The highest BCUT2D eigenvalue weighted by atomic mass is 35.5. The number of benzene rings is 3. The van der Waals surface area contributed by atoms with Crippen LogP contribution in [-0.4, -0.2) is 32.0 Å². The molecular weight excluding hydrogens is 471 g/mol. The minimum atomic E-state index is -0.954. The Hall–Kier alpha value is -3.45. The fraction of sp³-hybridized carbons (Fsp3) is 0.115. The van der Waals surface area contributed by atoms with Crippen LogP contribution in [0.1, 0.15) is 17.5 Å². The van der Waals surface area contributed by atoms with Crippen molar-refractivity contribution in [2.24, 2.45) is 7.05 Å². The predicted octanol–water partition coefficient (Wildman–Crippen LogP) is 6.09. The summed E-state index contributed by atoms with van der Waals surface area (Å²) in [7, 11) is 3.39. The Bertz CT molecular complexity index is 1500. The number of methoxy groups -OCH3 is 1. The summed E-state index contributed by atoms with van der Waals surface area (Å²) in [5.74, 6) is 0.925. The standard InChI is InChI=1S/C26H20Cl2N4O2/c1-32-14-29-31-25(32)24(33)17-8-11-21-20(13-17)22(16-4-3-5-19(28)12-16)23(26(30-21)34-2)15-6-9-18(27)10-7-15/h3-14,24,33H,1-2H3. The first kappa shape index (κ1) is 22.3. The summed E-state index contributed by atoms with van der Waals surface area (Å²) in [5, 5.41) is 21.1. The first-order valence-electron chi connectivity index (χ1n) is 10.5. The molecular formula is C26H20Cl2N4O2. The van der Waals surface area contributed by atoms with Gasteiger partial charge in [0.1, 0.15) is 12.4 Å². The quantitative estimate of drug-likeness (QED) is 0.322. The highest BCUT2D eigenvalue weighted by Crippen LogP contribution is 2.44. The van der Waals surface area contributed by atoms with Gasteiger partial charge >= 0.3 is 0 Å². The van der Waals surface area contributed by atoms with Crippen LogP contribution in [0.2, 0.25) is 10.0 Å². The van der Waals surface area contributed by atoms with Crippen molar-refractivity contribution in [2.45, 2.75) is 6.10 Å². The number of aromatic nitrogens is 4. The summed E-state index contributed by atoms with van der Waals surface area (Å²) < 4.78 is 7.43. The van der Waals surface area contributed by atoms with Crippen molar-refractivity contribution >= 4 is 34.1 Å². The number of aryl methyl sites for hydroxylation is 1. The van der Waals surface area contributed by atoms with E-state index in [1.54, 1.807) is 25.1 Å². The zero-order chi connectivity index (χ0) is 23.8. The summed E-state index contributed by atoms with van der Waals surface area (Å²) in [5.41, 5.74) is 4.87. The lowest BCUT2D eigenvalue weighted by atomic mass is 9.90. The molecule has 0 aliphatic rings. The van der Waals surface area contributed by atoms with Crippen molar-refractivity contribution in [2.75, 3.05) is 7.11 Å². The van der Waals surface area contributed by atoms with Crippen molar-refractivity contribution in [3.63, 3.8) is 0 Å². The second-order valence-corrected chi connectivity index (χ2v) is 8.74. The lowest BCUT2D eigenvalue weighted by molar-refractivity contribution is 0.206. The third-order valence-electron chi connectivity index (χ3n) is 5.72. The molecule has 0 amide bonds. The van der Waals surface area contributed by atoms with Crippen LogP contribution in [0.3, 0.4) is 0 Å². The maximum absolute atomic E-state index is 11.0. The van der Waals surface area contributed by atoms with Crippen molar-refractivity contribution in [1.82, 2.24) is 19.7 Å². The summed E-state index contributed by atoms with van der Waals surface area (Å²) in [6.45, 7) is 0. The first-order valence-corrected chi connectivity index (χ1v) is 11.3. The summed E-state index contributed by atoms with van der Waals surface area (Å²) in [6, 6.07) is 20.8. The minimum Gasteiger partial charge on any atom is -0.481 e. The van der Waals surface area contributed by atoms with Gasteiger partial charge in [-0.15, -0.1) is 10.2 Å². The van der Waals surface area contributed by atoms with Crippen LogP contribution in [0.4, 0.5) is 0 Å². The van der Waals surface area contributed by atoms with Crippen LogP contribution in [0.5, 0.6) is 5.88 Å². The molecule has 2 aromatic heterocycles. The van der Waals surface area contributed by atoms with Crippen molar-refractivity contribution in [1.29, 1.82) is 0 Å². The Morgan fingerprint density at radius 1 is 0.912 bits per heavy atom. The van der Waals surface area contributed by atoms with Gasteiger partial charge in [0.2, 0.25) is 5.88 Å². The van der Waals surface area contributed by atoms with E-state index in [1.807, 2.05) is 66.7 Å². The molecule has 0 saturated heterocycles. The van der Waals surface area contributed by atoms with E-state index in [4.69, 9.17) is 32.9 Å². The molecule has 0 aliphatic carbocycles. The number of hydrogen-bond acceptors (Lipinski definition) is 5. The number of aliphatic hydroxyl groups excluding tert-OH is 1. The third kappa shape index (κ3) is 4.01. The Labute approximate surface area is 206 Å². The van der Waals surface area contributed by atoms with Gasteiger partial charge in [0.25, 0.3) is 0 Å². The van der Waals surface area contributed by atoms with Gasteiger partial charge in [0.15, 0.2) is 5.82 Å². The SMILES string of the molecule is COc1nc2ccc(C(O)c3nncn3C)cc2c(-c2cccc(Cl)c2)c1-c1ccc(Cl)cc1. The van der Waals surface area contributed by atoms with Crippen LogP contribution in [0, 0.1) is 0 Å². The van der Waals surface area contributed by atoms with Crippen LogP contribution in [-0.2, 0) is 7.05 Å². The van der Waals surface area contributed by atoms with Gasteiger partial charge in [0, 0.05) is 28.0 Å². The molecule has 5 aromatic rings. The predicted molar refractivity (Wildman–Crippen MR) is 134 cm³/mol. The molecule has 170 valence electrons. The second kappa shape index (κ2) is 9.06. The number of nitrogens with zero attached hydrogens (tertiary/aromatic N) is 4. The van der Waals surface area contributed by atoms with Crippen molar-refractivity contribution in [3.05, 3.63) is 94.5 Å². The molecule has 0 bridgehead atoms. The fourth-order valence-electron chi connectivity index (χ4n) is 4.09. The van der Waals surface area contributed by atoms with E-state index in [1.165, 1.54) is 0 Å². The molecule has 0 spiro atoms. The normalized spacial score (nSPS) is 12.1. The maximum Gasteiger partial charge on any atom is 0.222 e. The smallest absolute Gasteiger partial charge is 0.222 e. The minimum absolute atomic E-state index is 0.447. The zero-order valence-electron chi connectivity index (χ0n) is 18.4. The van der Waals surface area contributed by atoms with Crippen LogP contribution in [0.25, 0.3) is 33.2 Å². The van der Waals surface area contributed by atoms with Crippen LogP contribution in [0.15, 0.2) is 73.1 Å². The molecule has 0 saturated carbocycles. The number of aliphatic hydroxyl groups is 1. The molecule has 0 aliphatic heterocycles. The topological polar surface area (TPSA) is 73.1 Å². The highest BCUT2D eigenvalue weighted by Gasteiger charge is 2.22. The molecule has 3 aromatic carbocycles. The highest BCUT2D eigenvalue weighted by molar-refractivity contribution is 6.31. The third-order valence-corrected chi connectivity index (χ3v) is 6.21. The van der Waals surface area contributed by atoms with E-state index in [9.17, 15) is 5.11 Å². The Balaban J connectivity index is 1.84. The molecule has 8 heteroatoms. The summed E-state index contributed by atoms with van der Waals surface area (Å²) >= 11 is 12.5. The van der Waals surface area contributed by atoms with E-state index >= 15 is 0 Å². The van der Waals surface area contributed by atoms with E-state index in [0.717, 1.165) is 33.2 Å². The van der Waals surface area contributed by atoms with Gasteiger partial charge < -0.3 is 14.4 Å². The fourth-order valence-corrected chi connectivity index (χ4v) is 4.41. The molecule has 1 unspecified atom stereocenters. The number of pyridine rings is 1. The van der Waals surface area contributed by atoms with Gasteiger partial charge in [-0.1, -0.05) is 53.5 Å².